The number of rotatable bonds is 2. The molecule has 0 amide bonds. The van der Waals surface area contributed by atoms with Crippen molar-refractivity contribution in [2.45, 2.75) is 13.8 Å². The summed E-state index contributed by atoms with van der Waals surface area (Å²) in [6.07, 6.45) is 1.99. The van der Waals surface area contributed by atoms with E-state index >= 15 is 0 Å². The molecule has 0 spiro atoms. The quantitative estimate of drug-likeness (QED) is 0.304. The van der Waals surface area contributed by atoms with E-state index in [1.807, 2.05) is 68.1 Å². The van der Waals surface area contributed by atoms with E-state index in [1.54, 1.807) is 12.1 Å². The number of nitrogens with zero attached hydrogens (tertiary/aromatic N) is 1. The van der Waals surface area contributed by atoms with Crippen LogP contribution in [0.2, 0.25) is 0 Å². The zero-order valence-corrected chi connectivity index (χ0v) is 17.0. The number of fused-ring (bicyclic) bond motifs is 3. The summed E-state index contributed by atoms with van der Waals surface area (Å²) in [5.41, 5.74) is 5.68. The van der Waals surface area contributed by atoms with Crippen molar-refractivity contribution >= 4 is 21.9 Å². The predicted molar refractivity (Wildman–Crippen MR) is 115 cm³/mol. The van der Waals surface area contributed by atoms with Crippen molar-refractivity contribution in [1.82, 2.24) is 0 Å². The number of benzene rings is 3. The van der Waals surface area contributed by atoms with E-state index in [-0.39, 0.29) is 11.1 Å². The Morgan fingerprint density at radius 2 is 1.57 bits per heavy atom. The number of hydrogen-bond donors (Lipinski definition) is 0. The van der Waals surface area contributed by atoms with Crippen LogP contribution < -0.4 is 4.57 Å². The van der Waals surface area contributed by atoms with Crippen LogP contribution in [0.25, 0.3) is 44.3 Å². The normalized spacial score (nSPS) is 11.5. The van der Waals surface area contributed by atoms with Gasteiger partial charge in [0.15, 0.2) is 6.20 Å². The molecule has 2 heterocycles. The second-order valence-corrected chi connectivity index (χ2v) is 7.72. The first-order chi connectivity index (χ1) is 14.5. The average molecular weight is 400 g/mol. The van der Waals surface area contributed by atoms with Crippen LogP contribution in [0.1, 0.15) is 11.1 Å². The maximum Gasteiger partial charge on any atom is 0.216 e. The van der Waals surface area contributed by atoms with Gasteiger partial charge in [-0.1, -0.05) is 42.5 Å². The highest BCUT2D eigenvalue weighted by Gasteiger charge is 2.25. The standard InChI is InChI=1S/C26H20F2NO/c1-15-11-12-29(3)21(13-15)22-16(2)9-10-18-24-20(28)14-19(27)23(26(24)30-25(18)22)17-7-5-4-6-8-17/h4-14H,1-3H3/q+1. The number of aryl methyl sites for hydroxylation is 3. The summed E-state index contributed by atoms with van der Waals surface area (Å²) in [5.74, 6) is -1.26. The minimum atomic E-state index is -0.635. The topological polar surface area (TPSA) is 17.0 Å². The van der Waals surface area contributed by atoms with Gasteiger partial charge in [0.25, 0.3) is 0 Å². The van der Waals surface area contributed by atoms with Gasteiger partial charge < -0.3 is 4.42 Å². The number of aromatic nitrogens is 1. The Balaban J connectivity index is 1.95. The highest BCUT2D eigenvalue weighted by molar-refractivity contribution is 6.13. The molecule has 0 unspecified atom stereocenters. The maximum absolute atomic E-state index is 15.0. The van der Waals surface area contributed by atoms with Gasteiger partial charge >= 0.3 is 0 Å². The molecule has 3 aromatic carbocycles. The summed E-state index contributed by atoms with van der Waals surface area (Å²) in [5, 5.41) is 0.948. The largest absolute Gasteiger partial charge is 0.454 e. The van der Waals surface area contributed by atoms with E-state index < -0.39 is 11.6 Å². The molecular formula is C26H20F2NO+. The zero-order chi connectivity index (χ0) is 21.0. The van der Waals surface area contributed by atoms with Gasteiger partial charge in [-0.05, 0) is 30.5 Å². The van der Waals surface area contributed by atoms with Gasteiger partial charge in [0, 0.05) is 23.6 Å². The third kappa shape index (κ3) is 2.71. The van der Waals surface area contributed by atoms with Gasteiger partial charge in [-0.25, -0.2) is 13.3 Å². The van der Waals surface area contributed by atoms with E-state index in [1.165, 1.54) is 0 Å². The minimum Gasteiger partial charge on any atom is -0.454 e. The van der Waals surface area contributed by atoms with E-state index in [2.05, 4.69) is 6.07 Å². The molecule has 4 heteroatoms. The lowest BCUT2D eigenvalue weighted by atomic mass is 9.98. The summed E-state index contributed by atoms with van der Waals surface area (Å²) in [6.45, 7) is 4.03. The van der Waals surface area contributed by atoms with Crippen LogP contribution in [-0.4, -0.2) is 0 Å². The molecule has 0 saturated heterocycles. The number of pyridine rings is 1. The summed E-state index contributed by atoms with van der Waals surface area (Å²) in [4.78, 5) is 0. The Morgan fingerprint density at radius 3 is 2.33 bits per heavy atom. The molecule has 0 saturated carbocycles. The first-order valence-electron chi connectivity index (χ1n) is 9.81. The first-order valence-corrected chi connectivity index (χ1v) is 9.81. The molecule has 2 nitrogen and oxygen atoms in total. The van der Waals surface area contributed by atoms with E-state index in [9.17, 15) is 8.78 Å². The lowest BCUT2D eigenvalue weighted by molar-refractivity contribution is -0.660. The third-order valence-electron chi connectivity index (χ3n) is 5.65. The van der Waals surface area contributed by atoms with Crippen LogP contribution in [0.5, 0.6) is 0 Å². The van der Waals surface area contributed by atoms with Crippen molar-refractivity contribution in [2.24, 2.45) is 7.05 Å². The van der Waals surface area contributed by atoms with Gasteiger partial charge in [-0.2, -0.15) is 0 Å². The molecule has 0 aliphatic rings. The van der Waals surface area contributed by atoms with Crippen LogP contribution in [0.15, 0.2) is 71.3 Å². The van der Waals surface area contributed by atoms with Gasteiger partial charge in [-0.15, -0.1) is 0 Å². The van der Waals surface area contributed by atoms with E-state index in [4.69, 9.17) is 4.42 Å². The Morgan fingerprint density at radius 1 is 0.800 bits per heavy atom. The fourth-order valence-corrected chi connectivity index (χ4v) is 4.15. The molecule has 0 bridgehead atoms. The summed E-state index contributed by atoms with van der Waals surface area (Å²) in [7, 11) is 1.96. The fourth-order valence-electron chi connectivity index (χ4n) is 4.15. The van der Waals surface area contributed by atoms with E-state index in [0.29, 0.717) is 21.9 Å². The molecule has 5 rings (SSSR count). The van der Waals surface area contributed by atoms with Crippen molar-refractivity contribution in [3.63, 3.8) is 0 Å². The van der Waals surface area contributed by atoms with Crippen molar-refractivity contribution in [3.8, 4) is 22.4 Å². The molecular weight excluding hydrogens is 380 g/mol. The van der Waals surface area contributed by atoms with Gasteiger partial charge in [0.1, 0.15) is 29.8 Å². The van der Waals surface area contributed by atoms with Crippen LogP contribution in [0.3, 0.4) is 0 Å². The highest BCUT2D eigenvalue weighted by Crippen LogP contribution is 2.42. The first kappa shape index (κ1) is 18.5. The Labute approximate surface area is 173 Å². The molecule has 0 atom stereocenters. The van der Waals surface area contributed by atoms with Crippen molar-refractivity contribution in [3.05, 3.63) is 89.6 Å². The smallest absolute Gasteiger partial charge is 0.216 e. The van der Waals surface area contributed by atoms with Crippen LogP contribution in [0.4, 0.5) is 8.78 Å². The van der Waals surface area contributed by atoms with Crippen molar-refractivity contribution in [1.29, 1.82) is 0 Å². The average Bonchev–Trinajstić information content (AvgIpc) is 3.10. The Hall–Kier alpha value is -3.53. The van der Waals surface area contributed by atoms with Crippen LogP contribution >= 0.6 is 0 Å². The van der Waals surface area contributed by atoms with Gasteiger partial charge in [-0.3, -0.25) is 0 Å². The lowest BCUT2D eigenvalue weighted by Gasteiger charge is -2.06. The summed E-state index contributed by atoms with van der Waals surface area (Å²) >= 11 is 0. The number of halogens is 2. The van der Waals surface area contributed by atoms with Crippen LogP contribution in [0, 0.1) is 25.5 Å². The molecule has 0 N–H and O–H groups in total. The van der Waals surface area contributed by atoms with E-state index in [0.717, 1.165) is 28.5 Å². The molecule has 0 radical (unpaired) electrons. The van der Waals surface area contributed by atoms with Gasteiger partial charge in [0.05, 0.1) is 16.5 Å². The summed E-state index contributed by atoms with van der Waals surface area (Å²) in [6, 6.07) is 18.0. The van der Waals surface area contributed by atoms with Crippen molar-refractivity contribution < 1.29 is 17.8 Å². The second-order valence-electron chi connectivity index (χ2n) is 7.72. The Kier molecular flexibility index (Phi) is 4.17. The van der Waals surface area contributed by atoms with Crippen molar-refractivity contribution in [2.75, 3.05) is 0 Å². The third-order valence-corrected chi connectivity index (χ3v) is 5.65. The number of hydrogen-bond acceptors (Lipinski definition) is 1. The SMILES string of the molecule is Cc1cc[n+](C)c(-c2c(C)ccc3c2oc2c(-c4ccccc4)c(F)cc(F)c23)c1. The maximum atomic E-state index is 15.0. The summed E-state index contributed by atoms with van der Waals surface area (Å²) < 4.78 is 38.2. The fraction of sp³-hybridized carbons (Fsp3) is 0.115. The predicted octanol–water partition coefficient (Wildman–Crippen LogP) is 6.64. The molecule has 2 aromatic heterocycles. The molecule has 5 aromatic rings. The molecule has 30 heavy (non-hydrogen) atoms. The van der Waals surface area contributed by atoms with Gasteiger partial charge in [0.2, 0.25) is 5.69 Å². The second kappa shape index (κ2) is 6.77. The van der Waals surface area contributed by atoms with Crippen LogP contribution in [-0.2, 0) is 7.05 Å². The monoisotopic (exact) mass is 400 g/mol. The lowest BCUT2D eigenvalue weighted by Crippen LogP contribution is -2.30. The Bertz CT molecular complexity index is 1430. The number of furan rings is 1. The molecule has 0 fully saturated rings. The minimum absolute atomic E-state index is 0.232. The zero-order valence-electron chi connectivity index (χ0n) is 17.0. The molecule has 0 aliphatic carbocycles. The molecule has 148 valence electrons. The highest BCUT2D eigenvalue weighted by atomic mass is 19.1. The molecule has 0 aliphatic heterocycles.